The van der Waals surface area contributed by atoms with Gasteiger partial charge in [0.05, 0.1) is 31.3 Å². The Balaban J connectivity index is 1.19. The number of piperidine rings is 1. The fourth-order valence-electron chi connectivity index (χ4n) is 15.1. The van der Waals surface area contributed by atoms with Gasteiger partial charge in [0.15, 0.2) is 6.10 Å². The number of esters is 3. The number of carbonyl (C=O) groups excluding carboxylic acids is 4. The number of aromatic amines is 1. The number of benzene rings is 2. The number of methoxy groups -OCH3 is 3. The number of hydrogen-bond donors (Lipinski definition) is 2. The van der Waals surface area contributed by atoms with Crippen molar-refractivity contribution in [3.63, 3.8) is 0 Å². The molecule has 2 aromatic carbocycles. The summed E-state index contributed by atoms with van der Waals surface area (Å²) >= 11 is 0. The van der Waals surface area contributed by atoms with Gasteiger partial charge in [-0.25, -0.2) is 4.79 Å². The second-order valence-corrected chi connectivity index (χ2v) is 20.2. The molecular weight excluding hydrogens is 841 g/mol. The van der Waals surface area contributed by atoms with Crippen molar-refractivity contribution in [2.24, 2.45) is 22.7 Å². The topological polar surface area (TPSA) is 163 Å². The van der Waals surface area contributed by atoms with Crippen molar-refractivity contribution in [2.75, 3.05) is 54.1 Å². The van der Waals surface area contributed by atoms with Crippen molar-refractivity contribution >= 4 is 35.2 Å². The summed E-state index contributed by atoms with van der Waals surface area (Å²) in [4.78, 5) is 67.6. The van der Waals surface area contributed by atoms with E-state index in [9.17, 15) is 19.5 Å². The molecule has 7 heterocycles. The number of carbonyl (C=O) groups is 4. The van der Waals surface area contributed by atoms with Gasteiger partial charge in [-0.05, 0) is 91.5 Å². The van der Waals surface area contributed by atoms with E-state index in [1.54, 1.807) is 7.11 Å². The van der Waals surface area contributed by atoms with Crippen molar-refractivity contribution in [1.82, 2.24) is 19.7 Å². The van der Waals surface area contributed by atoms with Crippen LogP contribution < -0.4 is 0 Å². The van der Waals surface area contributed by atoms with E-state index in [0.29, 0.717) is 76.9 Å². The van der Waals surface area contributed by atoms with E-state index in [4.69, 9.17) is 23.7 Å². The zero-order chi connectivity index (χ0) is 46.2. The van der Waals surface area contributed by atoms with Gasteiger partial charge in [-0.3, -0.25) is 29.1 Å². The number of hydrogen-bond acceptors (Lipinski definition) is 12. The number of aromatic nitrogens is 1. The molecule has 1 saturated carbocycles. The molecule has 6 aliphatic heterocycles. The van der Waals surface area contributed by atoms with E-state index in [-0.39, 0.29) is 5.92 Å². The molecule has 14 heteroatoms. The van der Waals surface area contributed by atoms with Crippen LogP contribution >= 0.6 is 0 Å². The average molecular weight is 901 g/mol. The van der Waals surface area contributed by atoms with Crippen LogP contribution in [0.5, 0.6) is 0 Å². The van der Waals surface area contributed by atoms with Gasteiger partial charge in [0.25, 0.3) is 5.60 Å². The molecule has 1 aromatic heterocycles. The molecule has 5 fully saturated rings. The van der Waals surface area contributed by atoms with Gasteiger partial charge in [-0.15, -0.1) is 0 Å². The lowest BCUT2D eigenvalue weighted by Gasteiger charge is -2.58. The minimum atomic E-state index is -1.88. The van der Waals surface area contributed by atoms with Gasteiger partial charge in [-0.2, -0.15) is 0 Å². The minimum Gasteiger partial charge on any atom is -0.468 e. The van der Waals surface area contributed by atoms with Gasteiger partial charge >= 0.3 is 17.9 Å². The quantitative estimate of drug-likeness (QED) is 0.0952. The highest BCUT2D eigenvalue weighted by Crippen LogP contribution is 2.82. The molecule has 14 nitrogen and oxygen atoms in total. The fourth-order valence-corrected chi connectivity index (χ4v) is 15.1. The molecule has 4 saturated heterocycles. The van der Waals surface area contributed by atoms with Crippen LogP contribution in [0.1, 0.15) is 64.1 Å². The first-order valence-corrected chi connectivity index (χ1v) is 23.6. The Hall–Kier alpha value is -5.12. The Bertz CT molecular complexity index is 2640. The van der Waals surface area contributed by atoms with Crippen molar-refractivity contribution in [3.8, 4) is 11.1 Å². The molecule has 4 unspecified atom stereocenters. The Morgan fingerprint density at radius 3 is 2.45 bits per heavy atom. The summed E-state index contributed by atoms with van der Waals surface area (Å²) in [7, 11) is 4.35. The number of amides is 1. The number of H-pyrrole nitrogens is 1. The minimum absolute atomic E-state index is 0.128. The lowest BCUT2D eigenvalue weighted by molar-refractivity contribution is -0.183. The smallest absolute Gasteiger partial charge is 0.347 e. The van der Waals surface area contributed by atoms with E-state index >= 15 is 4.79 Å². The number of nitrogens with zero attached hydrogens (tertiary/aromatic N) is 3. The Morgan fingerprint density at radius 2 is 1.76 bits per heavy atom. The SMILES string of the molecule is CCC1(O)C[C@H]2CN(CCc3c([nH]c4ccc(-c5ccccc5)cc34)[C@@](C(=O)OC)(C3C=C4C(=CC3OC)N(C=O)[C@@]35O[C@]3(C(=O)OC)[C@H](OC(C)=O)[C@]3(CC)C=CCN6CC[C@]45[C@@H]63)C2)C1. The average Bonchev–Trinajstić information content (AvgIpc) is 3.55. The van der Waals surface area contributed by atoms with Crippen LogP contribution in [0.25, 0.3) is 22.0 Å². The Morgan fingerprint density at radius 1 is 0.970 bits per heavy atom. The highest BCUT2D eigenvalue weighted by molar-refractivity contribution is 5.94. The molecule has 3 aromatic rings. The second-order valence-electron chi connectivity index (χ2n) is 20.2. The Kier molecular flexibility index (Phi) is 9.84. The molecule has 2 spiro atoms. The van der Waals surface area contributed by atoms with E-state index in [1.807, 2.05) is 38.1 Å². The molecule has 12 atom stereocenters. The summed E-state index contributed by atoms with van der Waals surface area (Å²) in [5.41, 5.74) is -1.81. The van der Waals surface area contributed by atoms with Gasteiger partial charge in [0.2, 0.25) is 12.1 Å². The van der Waals surface area contributed by atoms with E-state index in [0.717, 1.165) is 45.3 Å². The number of allylic oxidation sites excluding steroid dienone is 1. The van der Waals surface area contributed by atoms with Crippen molar-refractivity contribution in [2.45, 2.75) is 99.9 Å². The number of nitrogens with one attached hydrogen (secondary N) is 1. The summed E-state index contributed by atoms with van der Waals surface area (Å²) < 4.78 is 31.5. The van der Waals surface area contributed by atoms with Crippen LogP contribution in [0.2, 0.25) is 0 Å². The first-order chi connectivity index (χ1) is 31.8. The molecule has 1 amide bonds. The van der Waals surface area contributed by atoms with Gasteiger partial charge < -0.3 is 33.8 Å². The number of ether oxygens (including phenoxy) is 5. The summed E-state index contributed by atoms with van der Waals surface area (Å²) in [5, 5.41) is 13.2. The molecule has 348 valence electrons. The predicted octanol–water partition coefficient (Wildman–Crippen LogP) is 5.19. The summed E-state index contributed by atoms with van der Waals surface area (Å²) in [6.07, 6.45) is 10.0. The van der Waals surface area contributed by atoms with Crippen LogP contribution in [0.15, 0.2) is 84.1 Å². The largest absolute Gasteiger partial charge is 0.468 e. The zero-order valence-corrected chi connectivity index (χ0v) is 38.6. The second kappa shape index (κ2) is 14.9. The fraction of sp³-hybridized carbons (Fsp3) is 0.538. The molecular formula is C52H60N4O10. The van der Waals surface area contributed by atoms with E-state index < -0.39 is 75.2 Å². The van der Waals surface area contributed by atoms with Crippen LogP contribution in [0, 0.1) is 22.7 Å². The van der Waals surface area contributed by atoms with E-state index in [1.165, 1.54) is 26.0 Å². The van der Waals surface area contributed by atoms with Crippen molar-refractivity contribution in [1.29, 1.82) is 0 Å². The maximum atomic E-state index is 15.7. The third-order valence-electron chi connectivity index (χ3n) is 17.5. The Labute approximate surface area is 384 Å². The third-order valence-corrected chi connectivity index (χ3v) is 17.5. The predicted molar refractivity (Wildman–Crippen MR) is 242 cm³/mol. The van der Waals surface area contributed by atoms with Crippen LogP contribution in [0.3, 0.4) is 0 Å². The number of aliphatic hydroxyl groups is 1. The van der Waals surface area contributed by atoms with Crippen molar-refractivity contribution in [3.05, 3.63) is 95.4 Å². The highest BCUT2D eigenvalue weighted by atomic mass is 16.7. The standard InChI is InChI=1S/C52H60N4O10/c1-7-47(61)26-32-27-49(45(59)63-5,42-35(17-21-54(28-32)29-47)36-23-34(15-16-39(36)53-42)33-13-10-9-11-14-33)38-24-37-40(25-41(38)62-4)56(30-57)52-50(37)19-22-55-20-12-18-48(8-2,43(50)55)44(65-31(3)58)51(52,66-52)46(60)64-6/h9-16,18,23-25,30,32,38,41,43-44,53,61H,7-8,17,19-22,26-29H2,1-6H3/t32-,38?,41?,43+,44-,47?,48-,49+,50-,51+,52+/m1/s1. The third kappa shape index (κ3) is 5.30. The van der Waals surface area contributed by atoms with E-state index in [2.05, 4.69) is 63.3 Å². The lowest BCUT2D eigenvalue weighted by atomic mass is 9.48. The molecule has 66 heavy (non-hydrogen) atoms. The molecule has 2 bridgehead atoms. The zero-order valence-electron chi connectivity index (χ0n) is 38.6. The van der Waals surface area contributed by atoms with Gasteiger partial charge in [-0.1, -0.05) is 68.5 Å². The monoisotopic (exact) mass is 900 g/mol. The number of rotatable bonds is 9. The molecule has 2 N–H and O–H groups in total. The summed E-state index contributed by atoms with van der Waals surface area (Å²) in [6.45, 7) is 8.49. The van der Waals surface area contributed by atoms with Crippen molar-refractivity contribution < 1.29 is 48.0 Å². The number of fused-ring (bicyclic) bond motifs is 6. The number of likely N-dealkylation sites (tertiary alicyclic amines) is 1. The molecule has 11 rings (SSSR count). The number of epoxide rings is 1. The van der Waals surface area contributed by atoms with Crippen LogP contribution in [0.4, 0.5) is 0 Å². The molecule has 2 aliphatic carbocycles. The van der Waals surface area contributed by atoms with Gasteiger partial charge in [0.1, 0.15) is 5.41 Å². The van der Waals surface area contributed by atoms with Crippen LogP contribution in [-0.4, -0.2) is 138 Å². The lowest BCUT2D eigenvalue weighted by Crippen LogP contribution is -2.74. The first kappa shape index (κ1) is 43.5. The molecule has 8 aliphatic rings. The maximum Gasteiger partial charge on any atom is 0.347 e. The first-order valence-electron chi connectivity index (χ1n) is 23.6. The van der Waals surface area contributed by atoms with Gasteiger partial charge in [0, 0.05) is 79.9 Å². The summed E-state index contributed by atoms with van der Waals surface area (Å²) in [6, 6.07) is 16.3. The molecule has 0 radical (unpaired) electrons. The maximum absolute atomic E-state index is 15.7. The summed E-state index contributed by atoms with van der Waals surface area (Å²) in [5.74, 6) is -2.59. The normalized spacial score (nSPS) is 39.3. The highest BCUT2D eigenvalue weighted by Gasteiger charge is 3.00. The van der Waals surface area contributed by atoms with Crippen LogP contribution in [-0.2, 0) is 54.7 Å².